The fourth-order valence-corrected chi connectivity index (χ4v) is 1.91. The Bertz CT molecular complexity index is 354. The molecule has 0 saturated heterocycles. The molecule has 1 aromatic rings. The van der Waals surface area contributed by atoms with Gasteiger partial charge in [0.2, 0.25) is 0 Å². The first-order valence-electron chi connectivity index (χ1n) is 5.60. The third kappa shape index (κ3) is 2.04. The van der Waals surface area contributed by atoms with Crippen LogP contribution in [0.1, 0.15) is 27.2 Å². The summed E-state index contributed by atoms with van der Waals surface area (Å²) in [4.78, 5) is 0. The van der Waals surface area contributed by atoms with Crippen LogP contribution in [0.3, 0.4) is 0 Å². The first-order valence-corrected chi connectivity index (χ1v) is 5.60. The average molecular weight is 202 g/mol. The minimum absolute atomic E-state index is 0.491. The van der Waals surface area contributed by atoms with Crippen molar-refractivity contribution in [2.45, 2.75) is 33.2 Å². The molecule has 0 radical (unpaired) electrons. The van der Waals surface area contributed by atoms with E-state index in [0.717, 1.165) is 6.42 Å². The van der Waals surface area contributed by atoms with Gasteiger partial charge in [-0.25, -0.2) is 0 Å². The quantitative estimate of drug-likeness (QED) is 0.718. The molecule has 2 nitrogen and oxygen atoms in total. The zero-order chi connectivity index (χ0) is 10.8. The van der Waals surface area contributed by atoms with Gasteiger partial charge < -0.3 is 0 Å². The molecular weight excluding hydrogens is 184 g/mol. The van der Waals surface area contributed by atoms with E-state index in [1.54, 1.807) is 0 Å². The van der Waals surface area contributed by atoms with Crippen LogP contribution in [0.2, 0.25) is 0 Å². The third-order valence-corrected chi connectivity index (χ3v) is 2.85. The zero-order valence-corrected chi connectivity index (χ0v) is 9.64. The van der Waals surface area contributed by atoms with Crippen molar-refractivity contribution in [2.75, 3.05) is 5.01 Å². The summed E-state index contributed by atoms with van der Waals surface area (Å²) in [5, 5.41) is 6.82. The second-order valence-corrected chi connectivity index (χ2v) is 4.48. The van der Waals surface area contributed by atoms with E-state index >= 15 is 0 Å². The molecule has 0 amide bonds. The van der Waals surface area contributed by atoms with Crippen LogP contribution in [0, 0.1) is 5.92 Å². The van der Waals surface area contributed by atoms with Crippen LogP contribution >= 0.6 is 0 Å². The van der Waals surface area contributed by atoms with Crippen LogP contribution in [0.5, 0.6) is 0 Å². The van der Waals surface area contributed by atoms with E-state index in [0.29, 0.717) is 12.0 Å². The van der Waals surface area contributed by atoms with Crippen LogP contribution in [-0.2, 0) is 0 Å². The first kappa shape index (κ1) is 10.2. The maximum atomic E-state index is 4.69. The van der Waals surface area contributed by atoms with E-state index in [1.807, 2.05) is 6.07 Å². The summed E-state index contributed by atoms with van der Waals surface area (Å²) in [6.45, 7) is 6.64. The second kappa shape index (κ2) is 4.05. The van der Waals surface area contributed by atoms with Crippen LogP contribution in [0.15, 0.2) is 35.4 Å². The fourth-order valence-electron chi connectivity index (χ4n) is 1.91. The summed E-state index contributed by atoms with van der Waals surface area (Å²) in [6.07, 6.45) is 1.09. The summed E-state index contributed by atoms with van der Waals surface area (Å²) in [7, 11) is 0. The number of benzene rings is 1. The van der Waals surface area contributed by atoms with Crippen LogP contribution < -0.4 is 5.01 Å². The molecule has 2 heteroatoms. The number of para-hydroxylation sites is 1. The molecule has 1 unspecified atom stereocenters. The van der Waals surface area contributed by atoms with Gasteiger partial charge in [-0.15, -0.1) is 0 Å². The van der Waals surface area contributed by atoms with Crippen molar-refractivity contribution in [1.82, 2.24) is 0 Å². The molecule has 1 aromatic carbocycles. The van der Waals surface area contributed by atoms with Crippen LogP contribution in [0.25, 0.3) is 0 Å². The molecule has 0 fully saturated rings. The molecule has 15 heavy (non-hydrogen) atoms. The van der Waals surface area contributed by atoms with E-state index in [4.69, 9.17) is 0 Å². The van der Waals surface area contributed by atoms with Crippen molar-refractivity contribution in [1.29, 1.82) is 0 Å². The molecule has 0 aromatic heterocycles. The number of hydrogen-bond acceptors (Lipinski definition) is 2. The maximum Gasteiger partial charge on any atom is 0.0597 e. The van der Waals surface area contributed by atoms with Gasteiger partial charge in [-0.3, -0.25) is 5.01 Å². The van der Waals surface area contributed by atoms with Gasteiger partial charge in [0.15, 0.2) is 0 Å². The lowest BCUT2D eigenvalue weighted by atomic mass is 10.0. The summed E-state index contributed by atoms with van der Waals surface area (Å²) < 4.78 is 0. The normalized spacial score (nSPS) is 20.9. The Morgan fingerprint density at radius 3 is 2.47 bits per heavy atom. The van der Waals surface area contributed by atoms with E-state index in [9.17, 15) is 0 Å². The van der Waals surface area contributed by atoms with Crippen molar-refractivity contribution in [3.05, 3.63) is 30.3 Å². The fraction of sp³-hybridized carbons (Fsp3) is 0.462. The SMILES string of the molecule is CC(C)C1=NN(c2ccccc2)C(C)C1. The predicted molar refractivity (Wildman–Crippen MR) is 65.3 cm³/mol. The van der Waals surface area contributed by atoms with Gasteiger partial charge >= 0.3 is 0 Å². The number of rotatable bonds is 2. The molecule has 1 heterocycles. The summed E-state index contributed by atoms with van der Waals surface area (Å²) >= 11 is 0. The van der Waals surface area contributed by atoms with Gasteiger partial charge in [0.1, 0.15) is 0 Å². The van der Waals surface area contributed by atoms with Crippen molar-refractivity contribution in [2.24, 2.45) is 11.0 Å². The Hall–Kier alpha value is -1.31. The van der Waals surface area contributed by atoms with E-state index in [-0.39, 0.29) is 0 Å². The van der Waals surface area contributed by atoms with Gasteiger partial charge in [0.25, 0.3) is 0 Å². The predicted octanol–water partition coefficient (Wildman–Crippen LogP) is 3.30. The standard InChI is InChI=1S/C13H18N2/c1-10(2)13-9-11(3)15(14-13)12-7-5-4-6-8-12/h4-8,10-11H,9H2,1-3H3. The van der Waals surface area contributed by atoms with E-state index in [1.165, 1.54) is 11.4 Å². The molecule has 0 bridgehead atoms. The third-order valence-electron chi connectivity index (χ3n) is 2.85. The molecule has 0 aliphatic carbocycles. The Labute approximate surface area is 91.6 Å². The molecule has 1 aliphatic rings. The smallest absolute Gasteiger partial charge is 0.0597 e. The van der Waals surface area contributed by atoms with Gasteiger partial charge in [-0.2, -0.15) is 5.10 Å². The minimum atomic E-state index is 0.491. The molecule has 0 saturated carbocycles. The Kier molecular flexibility index (Phi) is 2.76. The number of nitrogens with zero attached hydrogens (tertiary/aromatic N) is 2. The van der Waals surface area contributed by atoms with Crippen molar-refractivity contribution >= 4 is 11.4 Å². The van der Waals surface area contributed by atoms with Crippen molar-refractivity contribution < 1.29 is 0 Å². The number of hydrogen-bond donors (Lipinski definition) is 0. The van der Waals surface area contributed by atoms with Crippen LogP contribution in [0.4, 0.5) is 5.69 Å². The average Bonchev–Trinajstić information content (AvgIpc) is 2.62. The first-order chi connectivity index (χ1) is 7.18. The molecule has 1 aliphatic heterocycles. The monoisotopic (exact) mass is 202 g/mol. The van der Waals surface area contributed by atoms with Gasteiger partial charge in [0.05, 0.1) is 11.7 Å². The Balaban J connectivity index is 2.24. The Morgan fingerprint density at radius 1 is 1.27 bits per heavy atom. The molecular formula is C13H18N2. The van der Waals surface area contributed by atoms with Crippen molar-refractivity contribution in [3.63, 3.8) is 0 Å². The minimum Gasteiger partial charge on any atom is -0.262 e. The second-order valence-electron chi connectivity index (χ2n) is 4.48. The lowest BCUT2D eigenvalue weighted by Crippen LogP contribution is -2.22. The highest BCUT2D eigenvalue weighted by molar-refractivity contribution is 5.90. The number of hydrazone groups is 1. The lowest BCUT2D eigenvalue weighted by Gasteiger charge is -2.19. The van der Waals surface area contributed by atoms with Crippen LogP contribution in [-0.4, -0.2) is 11.8 Å². The summed E-state index contributed by atoms with van der Waals surface area (Å²) in [5.41, 5.74) is 2.51. The lowest BCUT2D eigenvalue weighted by molar-refractivity contribution is 0.720. The van der Waals surface area contributed by atoms with Gasteiger partial charge in [-0.1, -0.05) is 32.0 Å². The Morgan fingerprint density at radius 2 is 1.93 bits per heavy atom. The van der Waals surface area contributed by atoms with Gasteiger partial charge in [-0.05, 0) is 25.0 Å². The molecule has 1 atom stereocenters. The van der Waals surface area contributed by atoms with E-state index in [2.05, 4.69) is 55.1 Å². The van der Waals surface area contributed by atoms with E-state index < -0.39 is 0 Å². The largest absolute Gasteiger partial charge is 0.262 e. The zero-order valence-electron chi connectivity index (χ0n) is 9.64. The molecule has 2 rings (SSSR count). The summed E-state index contributed by atoms with van der Waals surface area (Å²) in [5.74, 6) is 0.557. The molecule has 80 valence electrons. The molecule has 0 spiro atoms. The topological polar surface area (TPSA) is 15.6 Å². The highest BCUT2D eigenvalue weighted by Gasteiger charge is 2.24. The van der Waals surface area contributed by atoms with Crippen molar-refractivity contribution in [3.8, 4) is 0 Å². The number of anilines is 1. The highest BCUT2D eigenvalue weighted by Crippen LogP contribution is 2.25. The highest BCUT2D eigenvalue weighted by atomic mass is 15.5. The summed E-state index contributed by atoms with van der Waals surface area (Å²) in [6, 6.07) is 10.9. The van der Waals surface area contributed by atoms with Gasteiger partial charge in [0, 0.05) is 12.1 Å². The maximum absolute atomic E-state index is 4.69. The molecule has 0 N–H and O–H groups in total.